The van der Waals surface area contributed by atoms with Crippen molar-refractivity contribution < 1.29 is 14.3 Å². The molecule has 0 fully saturated rings. The molecule has 104 valence electrons. The van der Waals surface area contributed by atoms with Crippen molar-refractivity contribution in [1.82, 2.24) is 9.97 Å². The van der Waals surface area contributed by atoms with E-state index in [1.165, 1.54) is 10.3 Å². The number of amides is 1. The lowest BCUT2D eigenvalue weighted by atomic mass is 10.4. The fourth-order valence-electron chi connectivity index (χ4n) is 1.49. The molecule has 0 saturated carbocycles. The lowest BCUT2D eigenvalue weighted by Gasteiger charge is -2.14. The van der Waals surface area contributed by atoms with Gasteiger partial charge in [0, 0.05) is 18.6 Å². The first-order valence-electron chi connectivity index (χ1n) is 5.95. The van der Waals surface area contributed by atoms with Crippen LogP contribution >= 0.6 is 11.3 Å². The largest absolute Gasteiger partial charge is 0.461 e. The van der Waals surface area contributed by atoms with Gasteiger partial charge in [-0.2, -0.15) is 0 Å². The predicted octanol–water partition coefficient (Wildman–Crippen LogP) is 1.99. The summed E-state index contributed by atoms with van der Waals surface area (Å²) in [7, 11) is 1.61. The first-order valence-corrected chi connectivity index (χ1v) is 6.83. The number of hydrogen-bond donors (Lipinski definition) is 0. The smallest absolute Gasteiger partial charge is 0.367 e. The van der Waals surface area contributed by atoms with Crippen LogP contribution in [0.25, 0.3) is 0 Å². The summed E-state index contributed by atoms with van der Waals surface area (Å²) in [5, 5.41) is 1.71. The Balaban J connectivity index is 2.16. The van der Waals surface area contributed by atoms with Gasteiger partial charge in [0.15, 0.2) is 0 Å². The molecule has 20 heavy (non-hydrogen) atoms. The molecule has 0 aliphatic heterocycles. The minimum absolute atomic E-state index is 0.171. The fourth-order valence-corrected chi connectivity index (χ4v) is 2.17. The number of nitrogens with zero attached hydrogens (tertiary/aromatic N) is 3. The summed E-state index contributed by atoms with van der Waals surface area (Å²) >= 11 is 1.08. The van der Waals surface area contributed by atoms with Crippen LogP contribution in [0.15, 0.2) is 29.8 Å². The maximum absolute atomic E-state index is 12.2. The number of pyridine rings is 1. The van der Waals surface area contributed by atoms with Crippen molar-refractivity contribution in [3.05, 3.63) is 40.5 Å². The summed E-state index contributed by atoms with van der Waals surface area (Å²) in [5.74, 6) is -0.323. The number of ether oxygens (including phenoxy) is 1. The van der Waals surface area contributed by atoms with Crippen LogP contribution in [-0.2, 0) is 4.74 Å². The SMILES string of the molecule is CCOC(=O)c1nc(C(=O)N(C)c2ccccn2)cs1. The Morgan fingerprint density at radius 3 is 2.85 bits per heavy atom. The van der Waals surface area contributed by atoms with Crippen molar-refractivity contribution >= 4 is 29.0 Å². The molecule has 0 saturated heterocycles. The van der Waals surface area contributed by atoms with Gasteiger partial charge < -0.3 is 4.74 Å². The van der Waals surface area contributed by atoms with Crippen LogP contribution in [0.5, 0.6) is 0 Å². The Labute approximate surface area is 120 Å². The number of aromatic nitrogens is 2. The molecule has 2 rings (SSSR count). The minimum atomic E-state index is -0.517. The maximum atomic E-state index is 12.2. The number of anilines is 1. The molecule has 0 spiro atoms. The van der Waals surface area contributed by atoms with E-state index in [4.69, 9.17) is 4.74 Å². The zero-order valence-electron chi connectivity index (χ0n) is 11.1. The van der Waals surface area contributed by atoms with Gasteiger partial charge in [0.1, 0.15) is 11.5 Å². The molecule has 0 unspecified atom stereocenters. The van der Waals surface area contributed by atoms with E-state index >= 15 is 0 Å². The molecular formula is C13H13N3O3S. The van der Waals surface area contributed by atoms with Crippen molar-refractivity contribution in [3.63, 3.8) is 0 Å². The summed E-state index contributed by atoms with van der Waals surface area (Å²) in [6.07, 6.45) is 1.60. The van der Waals surface area contributed by atoms with Gasteiger partial charge in [-0.15, -0.1) is 11.3 Å². The molecule has 0 aliphatic rings. The third-order valence-electron chi connectivity index (χ3n) is 2.47. The number of thiazole rings is 1. The monoisotopic (exact) mass is 291 g/mol. The molecule has 7 heteroatoms. The summed E-state index contributed by atoms with van der Waals surface area (Å²) in [4.78, 5) is 33.2. The van der Waals surface area contributed by atoms with Crippen LogP contribution in [0, 0.1) is 0 Å². The third-order valence-corrected chi connectivity index (χ3v) is 3.29. The Morgan fingerprint density at radius 2 is 2.20 bits per heavy atom. The third kappa shape index (κ3) is 3.00. The van der Waals surface area contributed by atoms with Gasteiger partial charge in [-0.25, -0.2) is 14.8 Å². The van der Waals surface area contributed by atoms with Gasteiger partial charge in [0.25, 0.3) is 5.91 Å². The van der Waals surface area contributed by atoms with Gasteiger partial charge in [0.2, 0.25) is 5.01 Å². The van der Waals surface area contributed by atoms with Gasteiger partial charge >= 0.3 is 5.97 Å². The Bertz CT molecular complexity index is 612. The van der Waals surface area contributed by atoms with Gasteiger partial charge in [-0.05, 0) is 19.1 Å². The number of rotatable bonds is 4. The topological polar surface area (TPSA) is 72.4 Å². The second-order valence-corrected chi connectivity index (χ2v) is 4.67. The van der Waals surface area contributed by atoms with E-state index in [2.05, 4.69) is 9.97 Å². The number of carbonyl (C=O) groups is 2. The highest BCUT2D eigenvalue weighted by molar-refractivity contribution is 7.11. The average molecular weight is 291 g/mol. The van der Waals surface area contributed by atoms with E-state index in [0.717, 1.165) is 11.3 Å². The number of hydrogen-bond acceptors (Lipinski definition) is 6. The van der Waals surface area contributed by atoms with Gasteiger partial charge in [-0.1, -0.05) is 6.07 Å². The van der Waals surface area contributed by atoms with Gasteiger partial charge in [0.05, 0.1) is 6.61 Å². The maximum Gasteiger partial charge on any atom is 0.367 e. The highest BCUT2D eigenvalue weighted by atomic mass is 32.1. The molecule has 2 aromatic heterocycles. The van der Waals surface area contributed by atoms with Crippen LogP contribution in [0.2, 0.25) is 0 Å². The molecule has 1 amide bonds. The second kappa shape index (κ2) is 6.25. The van der Waals surface area contributed by atoms with Crippen LogP contribution in [-0.4, -0.2) is 35.5 Å². The van der Waals surface area contributed by atoms with Crippen LogP contribution < -0.4 is 4.90 Å². The highest BCUT2D eigenvalue weighted by Gasteiger charge is 2.20. The first kappa shape index (κ1) is 14.1. The van der Waals surface area contributed by atoms with Crippen molar-refractivity contribution in [3.8, 4) is 0 Å². The molecule has 0 radical (unpaired) electrons. The van der Waals surface area contributed by atoms with Crippen LogP contribution in [0.1, 0.15) is 27.2 Å². The van der Waals surface area contributed by atoms with E-state index < -0.39 is 5.97 Å². The van der Waals surface area contributed by atoms with E-state index in [9.17, 15) is 9.59 Å². The Hall–Kier alpha value is -2.28. The van der Waals surface area contributed by atoms with Crippen molar-refractivity contribution in [2.45, 2.75) is 6.92 Å². The Kier molecular flexibility index (Phi) is 4.41. The van der Waals surface area contributed by atoms with E-state index in [0.29, 0.717) is 5.82 Å². The van der Waals surface area contributed by atoms with Crippen LogP contribution in [0.4, 0.5) is 5.82 Å². The quantitative estimate of drug-likeness (QED) is 0.805. The fraction of sp³-hybridized carbons (Fsp3) is 0.231. The molecular weight excluding hydrogens is 278 g/mol. The number of carbonyl (C=O) groups excluding carboxylic acids is 2. The molecule has 0 aliphatic carbocycles. The average Bonchev–Trinajstić information content (AvgIpc) is 2.97. The molecule has 0 N–H and O–H groups in total. The normalized spacial score (nSPS) is 10.1. The molecule has 0 atom stereocenters. The molecule has 2 aromatic rings. The first-order chi connectivity index (χ1) is 9.63. The predicted molar refractivity (Wildman–Crippen MR) is 75.0 cm³/mol. The van der Waals surface area contributed by atoms with Crippen molar-refractivity contribution in [2.24, 2.45) is 0 Å². The molecule has 6 nitrogen and oxygen atoms in total. The zero-order valence-corrected chi connectivity index (χ0v) is 11.9. The summed E-state index contributed by atoms with van der Waals surface area (Å²) < 4.78 is 4.84. The van der Waals surface area contributed by atoms with Gasteiger partial charge in [-0.3, -0.25) is 9.69 Å². The number of esters is 1. The lowest BCUT2D eigenvalue weighted by Crippen LogP contribution is -2.27. The molecule has 0 bridgehead atoms. The highest BCUT2D eigenvalue weighted by Crippen LogP contribution is 2.15. The molecule has 0 aromatic carbocycles. The summed E-state index contributed by atoms with van der Waals surface area (Å²) in [6, 6.07) is 5.28. The zero-order chi connectivity index (χ0) is 14.5. The molecule has 2 heterocycles. The second-order valence-electron chi connectivity index (χ2n) is 3.81. The van der Waals surface area contributed by atoms with E-state index in [1.807, 2.05) is 0 Å². The minimum Gasteiger partial charge on any atom is -0.461 e. The van der Waals surface area contributed by atoms with Crippen LogP contribution in [0.3, 0.4) is 0 Å². The standard InChI is InChI=1S/C13H13N3O3S/c1-3-19-13(18)11-15-9(8-20-11)12(17)16(2)10-6-4-5-7-14-10/h4-8H,3H2,1-2H3. The van der Waals surface area contributed by atoms with E-state index in [-0.39, 0.29) is 23.2 Å². The summed E-state index contributed by atoms with van der Waals surface area (Å²) in [5.41, 5.74) is 0.200. The Morgan fingerprint density at radius 1 is 1.40 bits per heavy atom. The van der Waals surface area contributed by atoms with Crippen molar-refractivity contribution in [1.29, 1.82) is 0 Å². The van der Waals surface area contributed by atoms with Crippen molar-refractivity contribution in [2.75, 3.05) is 18.6 Å². The lowest BCUT2D eigenvalue weighted by molar-refractivity contribution is 0.0526. The van der Waals surface area contributed by atoms with E-state index in [1.54, 1.807) is 38.4 Å². The summed E-state index contributed by atoms with van der Waals surface area (Å²) in [6.45, 7) is 1.99.